The average molecular weight is 493 g/mol. The molecule has 3 aromatic rings. The number of H-pyrrole nitrogens is 1. The number of nitrogens with zero attached hydrogens (tertiary/aromatic N) is 5. The van der Waals surface area contributed by atoms with E-state index >= 15 is 0 Å². The molecule has 4 rings (SSSR count). The lowest BCUT2D eigenvalue weighted by Gasteiger charge is -2.42. The van der Waals surface area contributed by atoms with Gasteiger partial charge in [-0.3, -0.25) is 4.79 Å². The molecule has 35 heavy (non-hydrogen) atoms. The smallest absolute Gasteiger partial charge is 0.377 e. The number of aromatic amines is 1. The molecule has 13 heteroatoms. The van der Waals surface area contributed by atoms with Gasteiger partial charge >= 0.3 is 12.2 Å². The zero-order chi connectivity index (χ0) is 25.5. The molecule has 188 valence electrons. The lowest BCUT2D eigenvalue weighted by molar-refractivity contribution is -0.138. The van der Waals surface area contributed by atoms with Crippen molar-refractivity contribution in [2.24, 2.45) is 7.05 Å². The van der Waals surface area contributed by atoms with Gasteiger partial charge in [-0.05, 0) is 25.0 Å². The molecule has 0 aliphatic carbocycles. The number of fused-ring (bicyclic) bond motifs is 1. The van der Waals surface area contributed by atoms with Crippen molar-refractivity contribution in [3.8, 4) is 0 Å². The predicted octanol–water partition coefficient (Wildman–Crippen LogP) is 2.74. The lowest BCUT2D eigenvalue weighted by atomic mass is 10.0. The van der Waals surface area contributed by atoms with Crippen LogP contribution in [0.5, 0.6) is 0 Å². The van der Waals surface area contributed by atoms with Crippen LogP contribution in [0.2, 0.25) is 0 Å². The first-order valence-electron chi connectivity index (χ1n) is 10.9. The van der Waals surface area contributed by atoms with E-state index in [0.29, 0.717) is 43.2 Å². The largest absolute Gasteiger partial charge is 0.417 e. The number of anilines is 2. The second kappa shape index (κ2) is 9.21. The van der Waals surface area contributed by atoms with Crippen molar-refractivity contribution >= 4 is 28.7 Å². The number of methoxy groups -OCH3 is 1. The maximum absolute atomic E-state index is 13.2. The number of aryl methyl sites for hydroxylation is 2. The first kappa shape index (κ1) is 24.5. The molecule has 0 radical (unpaired) electrons. The number of carbonyl (C=O) groups is 1. The quantitative estimate of drug-likeness (QED) is 0.579. The van der Waals surface area contributed by atoms with E-state index in [-0.39, 0.29) is 6.04 Å². The summed E-state index contributed by atoms with van der Waals surface area (Å²) in [5.41, 5.74) is 0.225. The zero-order valence-electron chi connectivity index (χ0n) is 19.7. The molecule has 2 atom stereocenters. The fourth-order valence-corrected chi connectivity index (χ4v) is 4.25. The Labute approximate surface area is 198 Å². The number of carbonyl (C=O) groups excluding carboxylic acids is 1. The monoisotopic (exact) mass is 493 g/mol. The molecule has 4 heterocycles. The third kappa shape index (κ3) is 4.81. The van der Waals surface area contributed by atoms with Crippen LogP contribution in [0.15, 0.2) is 29.5 Å². The van der Waals surface area contributed by atoms with Crippen molar-refractivity contribution in [1.82, 2.24) is 24.4 Å². The first-order valence-corrected chi connectivity index (χ1v) is 10.9. The number of nitrogens with one attached hydrogen (secondary N) is 2. The zero-order valence-corrected chi connectivity index (χ0v) is 19.7. The average Bonchev–Trinajstić information content (AvgIpc) is 3.20. The van der Waals surface area contributed by atoms with Crippen LogP contribution in [0.25, 0.3) is 11.2 Å². The number of halogens is 3. The van der Waals surface area contributed by atoms with Crippen LogP contribution in [0.1, 0.15) is 17.5 Å². The van der Waals surface area contributed by atoms with Crippen LogP contribution in [0, 0.1) is 6.92 Å². The van der Waals surface area contributed by atoms with Gasteiger partial charge in [-0.1, -0.05) is 0 Å². The highest BCUT2D eigenvalue weighted by atomic mass is 19.4. The van der Waals surface area contributed by atoms with Crippen LogP contribution >= 0.6 is 0 Å². The second-order valence-electron chi connectivity index (χ2n) is 8.57. The SMILES string of the molecule is CO[C@@H]1CN(c2cnc3[nH]cc(C)c3n2)CC[C@@H]1N(C)C(=O)Nc1cc(C(F)(F)F)cn(C)c1=O. The maximum atomic E-state index is 13.2. The molecule has 0 aromatic carbocycles. The summed E-state index contributed by atoms with van der Waals surface area (Å²) in [6.45, 7) is 2.91. The molecule has 0 spiro atoms. The number of ether oxygens (including phenoxy) is 1. The van der Waals surface area contributed by atoms with Gasteiger partial charge in [-0.15, -0.1) is 0 Å². The van der Waals surface area contributed by atoms with E-state index in [1.165, 1.54) is 26.1 Å². The van der Waals surface area contributed by atoms with Crippen molar-refractivity contribution in [3.05, 3.63) is 46.1 Å². The van der Waals surface area contributed by atoms with Crippen molar-refractivity contribution in [2.75, 3.05) is 37.5 Å². The predicted molar refractivity (Wildman–Crippen MR) is 124 cm³/mol. The Balaban J connectivity index is 1.49. The summed E-state index contributed by atoms with van der Waals surface area (Å²) in [4.78, 5) is 40.7. The third-order valence-corrected chi connectivity index (χ3v) is 6.28. The standard InChI is InChI=1S/C22H26F3N7O3/c1-12-8-26-19-18(12)29-17(9-27-19)32-6-5-15(16(11-32)35-4)31(3)21(34)28-14-7-13(22(23,24)25)10-30(2)20(14)33/h7-10,15-16H,5-6,11H2,1-4H3,(H,26,27)(H,28,34)/t15-,16+/m0/s1. The van der Waals surface area contributed by atoms with Gasteiger partial charge in [0, 0.05) is 46.7 Å². The molecule has 1 fully saturated rings. The molecular weight excluding hydrogens is 467 g/mol. The Hall–Kier alpha value is -3.61. The molecule has 10 nitrogen and oxygen atoms in total. The van der Waals surface area contributed by atoms with Crippen molar-refractivity contribution in [2.45, 2.75) is 31.7 Å². The Morgan fingerprint density at radius 2 is 2.11 bits per heavy atom. The van der Waals surface area contributed by atoms with Gasteiger partial charge < -0.3 is 29.4 Å². The summed E-state index contributed by atoms with van der Waals surface area (Å²) in [5, 5.41) is 2.33. The van der Waals surface area contributed by atoms with Crippen LogP contribution in [0.4, 0.5) is 29.5 Å². The molecule has 0 bridgehead atoms. The Morgan fingerprint density at radius 3 is 2.80 bits per heavy atom. The van der Waals surface area contributed by atoms with Gasteiger partial charge in [0.05, 0.1) is 23.9 Å². The van der Waals surface area contributed by atoms with Crippen LogP contribution in [0.3, 0.4) is 0 Å². The molecule has 2 amide bonds. The minimum absolute atomic E-state index is 0.378. The van der Waals surface area contributed by atoms with Crippen molar-refractivity contribution < 1.29 is 22.7 Å². The molecule has 1 saturated heterocycles. The highest BCUT2D eigenvalue weighted by molar-refractivity contribution is 5.89. The minimum atomic E-state index is -4.66. The van der Waals surface area contributed by atoms with E-state index < -0.39 is 35.1 Å². The summed E-state index contributed by atoms with van der Waals surface area (Å²) in [7, 11) is 4.25. The Bertz CT molecular complexity index is 1300. The number of pyridine rings is 1. The van der Waals surface area contributed by atoms with E-state index in [2.05, 4.69) is 20.3 Å². The number of alkyl halides is 3. The molecule has 1 aliphatic heterocycles. The van der Waals surface area contributed by atoms with E-state index in [9.17, 15) is 22.8 Å². The number of aromatic nitrogens is 4. The van der Waals surface area contributed by atoms with Gasteiger partial charge in [0.15, 0.2) is 5.65 Å². The van der Waals surface area contributed by atoms with Gasteiger partial charge in [-0.2, -0.15) is 13.2 Å². The van der Waals surface area contributed by atoms with Crippen LogP contribution < -0.4 is 15.8 Å². The topological polar surface area (TPSA) is 108 Å². The summed E-state index contributed by atoms with van der Waals surface area (Å²) < 4.78 is 45.9. The summed E-state index contributed by atoms with van der Waals surface area (Å²) >= 11 is 0. The molecule has 1 aliphatic rings. The summed E-state index contributed by atoms with van der Waals surface area (Å²) in [6, 6.07) is -0.440. The Morgan fingerprint density at radius 1 is 1.37 bits per heavy atom. The highest BCUT2D eigenvalue weighted by Crippen LogP contribution is 2.30. The fourth-order valence-electron chi connectivity index (χ4n) is 4.25. The van der Waals surface area contributed by atoms with Gasteiger partial charge in [-0.25, -0.2) is 14.8 Å². The van der Waals surface area contributed by atoms with Crippen LogP contribution in [-0.2, 0) is 18.0 Å². The lowest BCUT2D eigenvalue weighted by Crippen LogP contribution is -2.56. The van der Waals surface area contributed by atoms with Gasteiger partial charge in [0.25, 0.3) is 5.56 Å². The van der Waals surface area contributed by atoms with E-state index in [4.69, 9.17) is 4.74 Å². The number of rotatable bonds is 4. The van der Waals surface area contributed by atoms with Gasteiger partial charge in [0.2, 0.25) is 0 Å². The van der Waals surface area contributed by atoms with Crippen LogP contribution in [-0.4, -0.2) is 69.8 Å². The Kier molecular flexibility index (Phi) is 6.45. The van der Waals surface area contributed by atoms with Crippen molar-refractivity contribution in [1.29, 1.82) is 0 Å². The number of piperidine rings is 1. The molecule has 0 saturated carbocycles. The maximum Gasteiger partial charge on any atom is 0.417 e. The summed E-state index contributed by atoms with van der Waals surface area (Å²) in [5.74, 6) is 0.681. The number of likely N-dealkylation sites (N-methyl/N-ethyl adjacent to an activating group) is 1. The number of hydrogen-bond donors (Lipinski definition) is 2. The second-order valence-corrected chi connectivity index (χ2v) is 8.57. The van der Waals surface area contributed by atoms with Gasteiger partial charge in [0.1, 0.15) is 17.0 Å². The minimum Gasteiger partial charge on any atom is -0.377 e. The fraction of sp³-hybridized carbons (Fsp3) is 0.455. The molecule has 0 unspecified atom stereocenters. The normalized spacial score (nSPS) is 18.7. The third-order valence-electron chi connectivity index (χ3n) is 6.28. The van der Waals surface area contributed by atoms with E-state index in [1.807, 2.05) is 18.0 Å². The first-order chi connectivity index (χ1) is 16.5. The van der Waals surface area contributed by atoms with Crippen molar-refractivity contribution in [3.63, 3.8) is 0 Å². The van der Waals surface area contributed by atoms with E-state index in [1.54, 1.807) is 6.20 Å². The molecule has 2 N–H and O–H groups in total. The summed E-state index contributed by atoms with van der Waals surface area (Å²) in [6.07, 6.45) is -0.360. The number of amides is 2. The van der Waals surface area contributed by atoms with E-state index in [0.717, 1.165) is 15.6 Å². The number of hydrogen-bond acceptors (Lipinski definition) is 6. The highest BCUT2D eigenvalue weighted by Gasteiger charge is 2.36. The number of urea groups is 1. The molecule has 3 aromatic heterocycles. The molecular formula is C22H26F3N7O3.